The predicted octanol–water partition coefficient (Wildman–Crippen LogP) is 18.1. The maximum absolute atomic E-state index is 6.65. The van der Waals surface area contributed by atoms with Gasteiger partial charge in [-0.3, -0.25) is 0 Å². The summed E-state index contributed by atoms with van der Waals surface area (Å²) < 4.78 is 6.65. The molecule has 2 nitrogen and oxygen atoms in total. The van der Waals surface area contributed by atoms with Crippen LogP contribution in [-0.2, 0) is 5.41 Å². The van der Waals surface area contributed by atoms with Crippen molar-refractivity contribution in [1.82, 2.24) is 0 Å². The average Bonchev–Trinajstić information content (AvgIpc) is 4.06. The third-order valence-corrected chi connectivity index (χ3v) is 14.7. The van der Waals surface area contributed by atoms with Gasteiger partial charge in [-0.25, -0.2) is 0 Å². The molecule has 69 heavy (non-hydrogen) atoms. The number of fused-ring (bicyclic) bond motifs is 14. The molecule has 2 aliphatic rings. The van der Waals surface area contributed by atoms with E-state index in [-0.39, 0.29) is 0 Å². The molecule has 1 spiro atoms. The largest absolute Gasteiger partial charge is 0.456 e. The topological polar surface area (TPSA) is 16.4 Å². The summed E-state index contributed by atoms with van der Waals surface area (Å²) in [6.07, 6.45) is 0. The van der Waals surface area contributed by atoms with Crippen LogP contribution in [0.2, 0.25) is 0 Å². The van der Waals surface area contributed by atoms with Gasteiger partial charge >= 0.3 is 0 Å². The SMILES string of the molecule is c1ccc(-c2ccc(-c3ccc(N(c4ccc(-c5cccc6c5C5(c7ccccc7-6)c6ccccc6-c6ccc7oc8ccccc8c7c65)cc4)c4cccc(-c5ccccc5)c4)cc3)cc2)cc1. The number of benzene rings is 11. The molecule has 322 valence electrons. The Morgan fingerprint density at radius 3 is 1.39 bits per heavy atom. The second kappa shape index (κ2) is 15.6. The van der Waals surface area contributed by atoms with Gasteiger partial charge in [0.05, 0.1) is 5.41 Å². The van der Waals surface area contributed by atoms with Crippen LogP contribution in [0.5, 0.6) is 0 Å². The molecule has 1 atom stereocenters. The molecule has 0 bridgehead atoms. The summed E-state index contributed by atoms with van der Waals surface area (Å²) in [5.41, 5.74) is 24.4. The Bertz CT molecular complexity index is 3910. The van der Waals surface area contributed by atoms with Crippen LogP contribution in [-0.4, -0.2) is 0 Å². The number of rotatable bonds is 7. The van der Waals surface area contributed by atoms with E-state index in [9.17, 15) is 0 Å². The quantitative estimate of drug-likeness (QED) is 0.159. The molecular weight excluding hydrogens is 835 g/mol. The number of para-hydroxylation sites is 1. The minimum atomic E-state index is -0.577. The van der Waals surface area contributed by atoms with Gasteiger partial charge in [0, 0.05) is 27.8 Å². The lowest BCUT2D eigenvalue weighted by Gasteiger charge is -2.33. The zero-order chi connectivity index (χ0) is 45.5. The molecule has 0 aliphatic heterocycles. The van der Waals surface area contributed by atoms with Crippen molar-refractivity contribution in [2.24, 2.45) is 0 Å². The summed E-state index contributed by atoms with van der Waals surface area (Å²) in [4.78, 5) is 2.38. The highest BCUT2D eigenvalue weighted by atomic mass is 16.3. The Morgan fingerprint density at radius 2 is 0.739 bits per heavy atom. The van der Waals surface area contributed by atoms with Crippen molar-refractivity contribution < 1.29 is 4.42 Å². The average molecular weight is 878 g/mol. The fourth-order valence-corrected chi connectivity index (χ4v) is 11.7. The van der Waals surface area contributed by atoms with Gasteiger partial charge < -0.3 is 9.32 Å². The highest BCUT2D eigenvalue weighted by molar-refractivity contribution is 6.14. The molecule has 1 aromatic heterocycles. The van der Waals surface area contributed by atoms with Crippen molar-refractivity contribution in [1.29, 1.82) is 0 Å². The Balaban J connectivity index is 0.922. The molecule has 1 heterocycles. The van der Waals surface area contributed by atoms with E-state index in [1.807, 2.05) is 0 Å². The highest BCUT2D eigenvalue weighted by Crippen LogP contribution is 2.66. The molecule has 1 unspecified atom stereocenters. The smallest absolute Gasteiger partial charge is 0.135 e. The zero-order valence-corrected chi connectivity index (χ0v) is 37.7. The third-order valence-electron chi connectivity index (χ3n) is 14.7. The molecule has 0 amide bonds. The number of nitrogens with zero attached hydrogens (tertiary/aromatic N) is 1. The Morgan fingerprint density at radius 1 is 0.275 bits per heavy atom. The van der Waals surface area contributed by atoms with E-state index in [0.29, 0.717) is 0 Å². The summed E-state index contributed by atoms with van der Waals surface area (Å²) >= 11 is 0. The predicted molar refractivity (Wildman–Crippen MR) is 286 cm³/mol. The van der Waals surface area contributed by atoms with Crippen LogP contribution in [0.1, 0.15) is 22.3 Å². The maximum Gasteiger partial charge on any atom is 0.135 e. The normalized spacial score (nSPS) is 14.1. The van der Waals surface area contributed by atoms with Gasteiger partial charge in [0.25, 0.3) is 0 Å². The number of hydrogen-bond acceptors (Lipinski definition) is 2. The molecule has 0 saturated heterocycles. The Kier molecular flexibility index (Phi) is 8.84. The summed E-state index contributed by atoms with van der Waals surface area (Å²) in [6, 6.07) is 95.3. The second-order valence-electron chi connectivity index (χ2n) is 18.3. The first kappa shape index (κ1) is 39.2. The molecular formula is C67H43NO. The molecule has 0 saturated carbocycles. The van der Waals surface area contributed by atoms with Gasteiger partial charge in [0.15, 0.2) is 0 Å². The Hall–Kier alpha value is -8.98. The first-order chi connectivity index (χ1) is 34.2. The molecule has 2 heteroatoms. The third kappa shape index (κ3) is 5.99. The van der Waals surface area contributed by atoms with Crippen LogP contribution in [0.3, 0.4) is 0 Å². The van der Waals surface area contributed by atoms with Gasteiger partial charge in [0.2, 0.25) is 0 Å². The van der Waals surface area contributed by atoms with E-state index in [0.717, 1.165) is 33.6 Å². The zero-order valence-electron chi connectivity index (χ0n) is 37.7. The van der Waals surface area contributed by atoms with Crippen LogP contribution in [0, 0.1) is 0 Å². The maximum atomic E-state index is 6.65. The number of anilines is 3. The fourth-order valence-electron chi connectivity index (χ4n) is 11.7. The van der Waals surface area contributed by atoms with E-state index < -0.39 is 5.41 Å². The van der Waals surface area contributed by atoms with E-state index in [1.165, 1.54) is 94.4 Å². The van der Waals surface area contributed by atoms with Crippen LogP contribution >= 0.6 is 0 Å². The molecule has 0 N–H and O–H groups in total. The minimum Gasteiger partial charge on any atom is -0.456 e. The minimum absolute atomic E-state index is 0.577. The summed E-state index contributed by atoms with van der Waals surface area (Å²) in [7, 11) is 0. The van der Waals surface area contributed by atoms with Gasteiger partial charge in [-0.15, -0.1) is 0 Å². The molecule has 2 aliphatic carbocycles. The van der Waals surface area contributed by atoms with Gasteiger partial charge in [0.1, 0.15) is 11.2 Å². The van der Waals surface area contributed by atoms with Crippen molar-refractivity contribution in [3.8, 4) is 66.8 Å². The van der Waals surface area contributed by atoms with Gasteiger partial charge in [-0.1, -0.05) is 212 Å². The lowest BCUT2D eigenvalue weighted by Crippen LogP contribution is -2.27. The second-order valence-corrected chi connectivity index (χ2v) is 18.3. The van der Waals surface area contributed by atoms with E-state index in [2.05, 4.69) is 266 Å². The number of furan rings is 1. The summed E-state index contributed by atoms with van der Waals surface area (Å²) in [6.45, 7) is 0. The van der Waals surface area contributed by atoms with Crippen molar-refractivity contribution in [2.45, 2.75) is 5.41 Å². The van der Waals surface area contributed by atoms with Crippen LogP contribution in [0.25, 0.3) is 88.7 Å². The lowest BCUT2D eigenvalue weighted by atomic mass is 9.67. The fraction of sp³-hybridized carbons (Fsp3) is 0.0149. The van der Waals surface area contributed by atoms with Crippen molar-refractivity contribution in [2.75, 3.05) is 4.90 Å². The van der Waals surface area contributed by atoms with Crippen LogP contribution in [0.4, 0.5) is 17.1 Å². The summed E-state index contributed by atoms with van der Waals surface area (Å²) in [5.74, 6) is 0. The van der Waals surface area contributed by atoms with Crippen molar-refractivity contribution in [3.63, 3.8) is 0 Å². The van der Waals surface area contributed by atoms with Gasteiger partial charge in [-0.05, 0) is 138 Å². The van der Waals surface area contributed by atoms with Crippen molar-refractivity contribution >= 4 is 39.0 Å². The van der Waals surface area contributed by atoms with Crippen LogP contribution < -0.4 is 4.90 Å². The molecule has 14 rings (SSSR count). The highest BCUT2D eigenvalue weighted by Gasteiger charge is 2.54. The van der Waals surface area contributed by atoms with E-state index in [4.69, 9.17) is 4.42 Å². The monoisotopic (exact) mass is 877 g/mol. The standard InChI is InChI=1S/C67H43NO/c1-3-15-44(16-4-1)46-29-31-47(32-30-46)48-33-37-51(38-34-48)68(53-20-13-19-50(43-53)45-17-5-2-6-18-45)52-39-35-49(36-40-52)54-24-14-25-57-55-21-7-10-26-60(55)67(65(54)57)61-27-11-8-22-56(61)58-41-42-63-64(66(58)67)59-23-9-12-28-62(59)69-63/h1-43H. The number of hydrogen-bond donors (Lipinski definition) is 0. The first-order valence-corrected chi connectivity index (χ1v) is 23.8. The summed E-state index contributed by atoms with van der Waals surface area (Å²) in [5, 5.41) is 2.34. The first-order valence-electron chi connectivity index (χ1n) is 23.8. The molecule has 0 radical (unpaired) electrons. The van der Waals surface area contributed by atoms with E-state index in [1.54, 1.807) is 0 Å². The lowest BCUT2D eigenvalue weighted by molar-refractivity contribution is 0.668. The van der Waals surface area contributed by atoms with Gasteiger partial charge in [-0.2, -0.15) is 0 Å². The van der Waals surface area contributed by atoms with Crippen molar-refractivity contribution in [3.05, 3.63) is 283 Å². The van der Waals surface area contributed by atoms with E-state index >= 15 is 0 Å². The molecule has 11 aromatic carbocycles. The molecule has 0 fully saturated rings. The Labute approximate surface area is 401 Å². The van der Waals surface area contributed by atoms with Crippen LogP contribution in [0.15, 0.2) is 265 Å². The molecule has 12 aromatic rings.